The van der Waals surface area contributed by atoms with Gasteiger partial charge in [0, 0.05) is 0 Å². The van der Waals surface area contributed by atoms with Crippen molar-refractivity contribution in [1.82, 2.24) is 19.9 Å². The van der Waals surface area contributed by atoms with Crippen LogP contribution in [0.2, 0.25) is 0 Å². The first kappa shape index (κ1) is 16.1. The highest BCUT2D eigenvalue weighted by atomic mass is 16.4. The standard InChI is InChI=1S/C12H12N4O8/c17-3-1-2(4(18)6(20)8(22)7(21)5(3)19)14-9(13-1)10-15-11(23)12(24)16-10/h5-8,19-24H,(H,13,14)(H,15,16). The van der Waals surface area contributed by atoms with Gasteiger partial charge < -0.3 is 40.6 Å². The Bertz CT molecular complexity index is 764. The molecule has 0 amide bonds. The van der Waals surface area contributed by atoms with Crippen LogP contribution in [-0.2, 0) is 0 Å². The van der Waals surface area contributed by atoms with E-state index in [-0.39, 0.29) is 11.6 Å². The van der Waals surface area contributed by atoms with E-state index in [2.05, 4.69) is 19.9 Å². The number of fused-ring (bicyclic) bond motifs is 1. The summed E-state index contributed by atoms with van der Waals surface area (Å²) in [5.74, 6) is -4.24. The molecule has 128 valence electrons. The third-order valence-electron chi connectivity index (χ3n) is 3.61. The highest BCUT2D eigenvalue weighted by Gasteiger charge is 2.44. The van der Waals surface area contributed by atoms with Crippen LogP contribution in [0.4, 0.5) is 0 Å². The van der Waals surface area contributed by atoms with E-state index in [0.29, 0.717) is 0 Å². The number of aliphatic hydroxyl groups excluding tert-OH is 4. The predicted molar refractivity (Wildman–Crippen MR) is 72.2 cm³/mol. The summed E-state index contributed by atoms with van der Waals surface area (Å²) >= 11 is 0. The first-order valence-corrected chi connectivity index (χ1v) is 6.61. The van der Waals surface area contributed by atoms with Crippen LogP contribution < -0.4 is 0 Å². The number of imidazole rings is 2. The van der Waals surface area contributed by atoms with Crippen LogP contribution in [0.25, 0.3) is 11.6 Å². The Labute approximate surface area is 132 Å². The maximum atomic E-state index is 12.2. The molecule has 2 aromatic heterocycles. The average Bonchev–Trinajstić information content (AvgIpc) is 3.14. The minimum absolute atomic E-state index is 0.234. The number of rotatable bonds is 1. The van der Waals surface area contributed by atoms with Crippen molar-refractivity contribution < 1.29 is 40.2 Å². The van der Waals surface area contributed by atoms with Crippen molar-refractivity contribution in [2.75, 3.05) is 0 Å². The fourth-order valence-electron chi connectivity index (χ4n) is 2.28. The van der Waals surface area contributed by atoms with Crippen LogP contribution in [0, 0.1) is 0 Å². The van der Waals surface area contributed by atoms with Gasteiger partial charge in [-0.3, -0.25) is 9.59 Å². The first-order chi connectivity index (χ1) is 11.2. The second kappa shape index (κ2) is 5.38. The Morgan fingerprint density at radius 1 is 0.792 bits per heavy atom. The van der Waals surface area contributed by atoms with Crippen LogP contribution in [-0.4, -0.2) is 86.6 Å². The van der Waals surface area contributed by atoms with Crippen molar-refractivity contribution in [2.45, 2.75) is 24.4 Å². The zero-order valence-electron chi connectivity index (χ0n) is 11.7. The quantitative estimate of drug-likeness (QED) is 0.264. The van der Waals surface area contributed by atoms with Gasteiger partial charge in [-0.2, -0.15) is 4.98 Å². The highest BCUT2D eigenvalue weighted by Crippen LogP contribution is 2.27. The van der Waals surface area contributed by atoms with E-state index in [1.807, 2.05) is 0 Å². The summed E-state index contributed by atoms with van der Waals surface area (Å²) in [6.45, 7) is 0. The molecule has 8 N–H and O–H groups in total. The SMILES string of the molecule is O=C1c2nc(-c3nc(O)c(O)[nH]3)[nH]c2C(=O)C(O)C(O)C(O)C1O. The summed E-state index contributed by atoms with van der Waals surface area (Å²) in [6, 6.07) is 0. The van der Waals surface area contributed by atoms with Gasteiger partial charge in [0.15, 0.2) is 11.6 Å². The largest absolute Gasteiger partial charge is 0.491 e. The normalized spacial score (nSPS) is 27.7. The number of ketones is 2. The first-order valence-electron chi connectivity index (χ1n) is 6.61. The molecule has 0 saturated carbocycles. The average molecular weight is 340 g/mol. The van der Waals surface area contributed by atoms with E-state index in [9.17, 15) is 40.2 Å². The molecule has 0 aromatic carbocycles. The highest BCUT2D eigenvalue weighted by molar-refractivity contribution is 6.11. The number of nitrogens with zero attached hydrogens (tertiary/aromatic N) is 2. The molecule has 24 heavy (non-hydrogen) atoms. The number of aliphatic hydroxyl groups is 4. The molecule has 0 aliphatic heterocycles. The summed E-state index contributed by atoms with van der Waals surface area (Å²) in [5, 5.41) is 57.3. The fourth-order valence-corrected chi connectivity index (χ4v) is 2.28. The van der Waals surface area contributed by atoms with Gasteiger partial charge in [0.1, 0.15) is 35.8 Å². The van der Waals surface area contributed by atoms with E-state index in [1.54, 1.807) is 0 Å². The lowest BCUT2D eigenvalue weighted by Crippen LogP contribution is -2.52. The van der Waals surface area contributed by atoms with Crippen molar-refractivity contribution in [1.29, 1.82) is 0 Å². The fraction of sp³-hybridized carbons (Fsp3) is 0.333. The van der Waals surface area contributed by atoms with Gasteiger partial charge in [0.25, 0.3) is 11.8 Å². The monoisotopic (exact) mass is 340 g/mol. The van der Waals surface area contributed by atoms with Crippen LogP contribution in [0.3, 0.4) is 0 Å². The van der Waals surface area contributed by atoms with Gasteiger partial charge >= 0.3 is 0 Å². The third-order valence-corrected chi connectivity index (χ3v) is 3.61. The molecule has 4 atom stereocenters. The van der Waals surface area contributed by atoms with Crippen LogP contribution >= 0.6 is 0 Å². The number of Topliss-reactive ketones (excluding diaryl/α,β-unsaturated/α-hetero) is 2. The smallest absolute Gasteiger partial charge is 0.275 e. The Kier molecular flexibility index (Phi) is 3.60. The maximum Gasteiger partial charge on any atom is 0.275 e. The van der Waals surface area contributed by atoms with Crippen molar-refractivity contribution >= 4 is 11.6 Å². The molecular formula is C12H12N4O8. The summed E-state index contributed by atoms with van der Waals surface area (Å²) in [6.07, 6.45) is -8.43. The third kappa shape index (κ3) is 2.25. The lowest BCUT2D eigenvalue weighted by molar-refractivity contribution is -0.0855. The number of aromatic hydroxyl groups is 2. The number of hydrogen-bond donors (Lipinski definition) is 8. The number of aromatic nitrogens is 4. The molecule has 0 fully saturated rings. The molecule has 1 aliphatic carbocycles. The molecule has 0 spiro atoms. The van der Waals surface area contributed by atoms with Gasteiger partial charge in [-0.05, 0) is 0 Å². The lowest BCUT2D eigenvalue weighted by Gasteiger charge is -2.26. The van der Waals surface area contributed by atoms with E-state index in [4.69, 9.17) is 0 Å². The van der Waals surface area contributed by atoms with Gasteiger partial charge in [0.05, 0.1) is 0 Å². The second-order valence-corrected chi connectivity index (χ2v) is 5.17. The summed E-state index contributed by atoms with van der Waals surface area (Å²) in [7, 11) is 0. The van der Waals surface area contributed by atoms with Gasteiger partial charge in [-0.25, -0.2) is 4.98 Å². The zero-order chi connectivity index (χ0) is 17.8. The number of H-pyrrole nitrogens is 2. The van der Waals surface area contributed by atoms with E-state index < -0.39 is 59.1 Å². The number of aromatic amines is 2. The Morgan fingerprint density at radius 2 is 1.33 bits per heavy atom. The number of nitrogens with one attached hydrogen (secondary N) is 2. The Morgan fingerprint density at radius 3 is 1.88 bits per heavy atom. The molecule has 2 aromatic rings. The Balaban J connectivity index is 2.15. The topological polar surface area (TPSA) is 213 Å². The minimum atomic E-state index is -2.13. The number of carbonyl (C=O) groups is 2. The summed E-state index contributed by atoms with van der Waals surface area (Å²) in [4.78, 5) is 36.1. The number of carbonyl (C=O) groups excluding carboxylic acids is 2. The van der Waals surface area contributed by atoms with Crippen LogP contribution in [0.15, 0.2) is 0 Å². The molecule has 0 saturated heterocycles. The van der Waals surface area contributed by atoms with Gasteiger partial charge in [0.2, 0.25) is 11.6 Å². The predicted octanol–water partition coefficient (Wildman–Crippen LogP) is -2.97. The molecule has 3 rings (SSSR count). The lowest BCUT2D eigenvalue weighted by atomic mass is 9.91. The van der Waals surface area contributed by atoms with E-state index in [1.165, 1.54) is 0 Å². The summed E-state index contributed by atoms with van der Waals surface area (Å²) < 4.78 is 0. The molecule has 0 bridgehead atoms. The number of hydrogen-bond acceptors (Lipinski definition) is 10. The van der Waals surface area contributed by atoms with Crippen molar-refractivity contribution in [3.05, 3.63) is 11.4 Å². The molecule has 2 heterocycles. The maximum absolute atomic E-state index is 12.2. The zero-order valence-corrected chi connectivity index (χ0v) is 11.7. The molecule has 1 aliphatic rings. The second-order valence-electron chi connectivity index (χ2n) is 5.17. The van der Waals surface area contributed by atoms with Crippen LogP contribution in [0.5, 0.6) is 11.8 Å². The van der Waals surface area contributed by atoms with Crippen molar-refractivity contribution in [2.24, 2.45) is 0 Å². The van der Waals surface area contributed by atoms with Gasteiger partial charge in [-0.15, -0.1) is 0 Å². The minimum Gasteiger partial charge on any atom is -0.491 e. The van der Waals surface area contributed by atoms with Crippen molar-refractivity contribution in [3.63, 3.8) is 0 Å². The van der Waals surface area contributed by atoms with E-state index >= 15 is 0 Å². The molecular weight excluding hydrogens is 328 g/mol. The molecule has 12 heteroatoms. The Hall–Kier alpha value is -2.80. The van der Waals surface area contributed by atoms with Crippen LogP contribution in [0.1, 0.15) is 21.0 Å². The molecule has 0 radical (unpaired) electrons. The summed E-state index contributed by atoms with van der Waals surface area (Å²) in [5.41, 5.74) is -1.12. The van der Waals surface area contributed by atoms with Crippen molar-refractivity contribution in [3.8, 4) is 23.4 Å². The van der Waals surface area contributed by atoms with Gasteiger partial charge in [-0.1, -0.05) is 0 Å². The molecule has 4 unspecified atom stereocenters. The van der Waals surface area contributed by atoms with E-state index in [0.717, 1.165) is 0 Å². The molecule has 12 nitrogen and oxygen atoms in total.